The van der Waals surface area contributed by atoms with Gasteiger partial charge in [-0.25, -0.2) is 18.4 Å². The molecule has 0 aliphatic rings. The molecular formula is C10H7F7O4. The number of rotatable bonds is 7. The second-order valence-electron chi connectivity index (χ2n) is 3.28. The molecule has 21 heavy (non-hydrogen) atoms. The Hall–Kier alpha value is -2.07. The first-order valence-corrected chi connectivity index (χ1v) is 4.79. The normalized spacial score (nSPS) is 12.8. The van der Waals surface area contributed by atoms with E-state index in [2.05, 4.69) is 22.6 Å². The van der Waals surface area contributed by atoms with Crippen molar-refractivity contribution in [1.29, 1.82) is 0 Å². The fraction of sp³-hybridized carbons (Fsp3) is 0.400. The Kier molecular flexibility index (Phi) is 5.54. The Morgan fingerprint density at radius 3 is 1.48 bits per heavy atom. The van der Waals surface area contributed by atoms with Crippen LogP contribution in [0.3, 0.4) is 0 Å². The second kappa shape index (κ2) is 6.14. The van der Waals surface area contributed by atoms with Gasteiger partial charge < -0.3 is 9.47 Å². The average Bonchev–Trinajstić information content (AvgIpc) is 2.37. The van der Waals surface area contributed by atoms with Crippen molar-refractivity contribution in [2.24, 2.45) is 0 Å². The van der Waals surface area contributed by atoms with E-state index < -0.39 is 36.2 Å². The van der Waals surface area contributed by atoms with E-state index in [-0.39, 0.29) is 12.2 Å². The van der Waals surface area contributed by atoms with Gasteiger partial charge in [0.2, 0.25) is 0 Å². The summed E-state index contributed by atoms with van der Waals surface area (Å²) in [6, 6.07) is -5.50. The number of ether oxygens (including phenoxy) is 2. The first kappa shape index (κ1) is 18.9. The van der Waals surface area contributed by atoms with Gasteiger partial charge in [0, 0.05) is 12.2 Å². The van der Waals surface area contributed by atoms with Gasteiger partial charge in [-0.2, -0.15) is 22.0 Å². The summed E-state index contributed by atoms with van der Waals surface area (Å²) in [7, 11) is 0. The Bertz CT molecular complexity index is 425. The van der Waals surface area contributed by atoms with Crippen LogP contribution in [0, 0.1) is 0 Å². The highest BCUT2D eigenvalue weighted by molar-refractivity contribution is 5.83. The third kappa shape index (κ3) is 3.52. The number of esters is 2. The lowest BCUT2D eigenvalue weighted by Gasteiger charge is -2.34. The van der Waals surface area contributed by atoms with Crippen LogP contribution in [0.1, 0.15) is 0 Å². The van der Waals surface area contributed by atoms with Crippen molar-refractivity contribution >= 4 is 11.9 Å². The summed E-state index contributed by atoms with van der Waals surface area (Å²) in [6.45, 7) is 5.28. The van der Waals surface area contributed by atoms with Crippen LogP contribution in [-0.2, 0) is 19.1 Å². The van der Waals surface area contributed by atoms with Crippen LogP contribution in [-0.4, -0.2) is 36.2 Å². The van der Waals surface area contributed by atoms with Gasteiger partial charge in [-0.15, -0.1) is 0 Å². The first-order valence-electron chi connectivity index (χ1n) is 4.79. The molecule has 0 atom stereocenters. The zero-order chi connectivity index (χ0) is 17.1. The van der Waals surface area contributed by atoms with Crippen molar-refractivity contribution in [3.63, 3.8) is 0 Å². The van der Waals surface area contributed by atoms with Gasteiger partial charge in [-0.05, 0) is 0 Å². The molecule has 0 bridgehead atoms. The summed E-state index contributed by atoms with van der Waals surface area (Å²) in [6.07, 6.45) is -4.95. The lowest BCUT2D eigenvalue weighted by Crippen LogP contribution is -2.62. The van der Waals surface area contributed by atoms with E-state index in [1.807, 2.05) is 0 Å². The minimum atomic E-state index is -6.40. The fourth-order valence-electron chi connectivity index (χ4n) is 0.827. The number of hydrogen-bond acceptors (Lipinski definition) is 4. The van der Waals surface area contributed by atoms with Crippen molar-refractivity contribution in [3.05, 3.63) is 25.3 Å². The zero-order valence-electron chi connectivity index (χ0n) is 9.93. The summed E-state index contributed by atoms with van der Waals surface area (Å²) in [5.41, 5.74) is 0. The molecule has 0 amide bonds. The molecule has 0 aromatic carbocycles. The van der Waals surface area contributed by atoms with Crippen molar-refractivity contribution in [2.75, 3.05) is 0 Å². The van der Waals surface area contributed by atoms with Gasteiger partial charge in [0.15, 0.2) is 0 Å². The molecule has 0 saturated carbocycles. The topological polar surface area (TPSA) is 52.6 Å². The molecule has 0 radical (unpaired) electrons. The molecule has 0 aromatic heterocycles. The molecule has 4 nitrogen and oxygen atoms in total. The largest absolute Gasteiger partial charge is 0.486 e. The van der Waals surface area contributed by atoms with Gasteiger partial charge >= 0.3 is 36.2 Å². The number of carbonyl (C=O) groups excluding carboxylic acids is 2. The van der Waals surface area contributed by atoms with Crippen LogP contribution < -0.4 is 0 Å². The van der Waals surface area contributed by atoms with Crippen LogP contribution in [0.4, 0.5) is 30.7 Å². The molecule has 0 spiro atoms. The van der Waals surface area contributed by atoms with E-state index in [0.29, 0.717) is 0 Å². The Labute approximate surface area is 112 Å². The van der Waals surface area contributed by atoms with Crippen LogP contribution in [0.2, 0.25) is 0 Å². The molecule has 0 heterocycles. The zero-order valence-corrected chi connectivity index (χ0v) is 9.93. The molecule has 0 fully saturated rings. The van der Waals surface area contributed by atoms with E-state index >= 15 is 0 Å². The molecule has 0 N–H and O–H groups in total. The smallest absolute Gasteiger partial charge is 0.386 e. The highest BCUT2D eigenvalue weighted by Crippen LogP contribution is 2.49. The van der Waals surface area contributed by atoms with Crippen molar-refractivity contribution in [2.45, 2.75) is 24.3 Å². The third-order valence-electron chi connectivity index (χ3n) is 1.86. The maximum atomic E-state index is 13.8. The van der Waals surface area contributed by atoms with E-state index in [1.54, 1.807) is 0 Å². The Morgan fingerprint density at radius 2 is 1.24 bits per heavy atom. The average molecular weight is 324 g/mol. The minimum absolute atomic E-state index is 0.0483. The first-order chi connectivity index (χ1) is 9.35. The number of hydrogen-bond donors (Lipinski definition) is 0. The Balaban J connectivity index is 5.87. The predicted molar refractivity (Wildman–Crippen MR) is 52.3 cm³/mol. The standard InChI is InChI=1S/C10H7F7O4/c1-3-5(18)20-10(17,21-6(19)4-2)9(15,16)8(13,14)7(11)12/h3-4,7H,1-2H2. The van der Waals surface area contributed by atoms with E-state index in [9.17, 15) is 40.3 Å². The van der Waals surface area contributed by atoms with Gasteiger partial charge in [0.05, 0.1) is 0 Å². The molecule has 0 aliphatic carbocycles. The van der Waals surface area contributed by atoms with Crippen molar-refractivity contribution < 1.29 is 49.8 Å². The highest BCUT2D eigenvalue weighted by Gasteiger charge is 2.79. The second-order valence-corrected chi connectivity index (χ2v) is 3.28. The summed E-state index contributed by atoms with van der Waals surface area (Å²) in [5, 5.41) is 0. The molecule has 0 saturated heterocycles. The monoisotopic (exact) mass is 324 g/mol. The molecular weight excluding hydrogens is 317 g/mol. The SMILES string of the molecule is C=CC(=O)OC(F)(OC(=O)C=C)C(F)(F)C(F)(F)C(F)F. The number of alkyl halides is 7. The van der Waals surface area contributed by atoms with E-state index in [0.717, 1.165) is 0 Å². The number of halogens is 7. The maximum Gasteiger partial charge on any atom is 0.486 e. The number of carbonyl (C=O) groups is 2. The maximum absolute atomic E-state index is 13.8. The van der Waals surface area contributed by atoms with Gasteiger partial charge in [0.25, 0.3) is 0 Å². The highest BCUT2D eigenvalue weighted by atomic mass is 19.3. The third-order valence-corrected chi connectivity index (χ3v) is 1.86. The Morgan fingerprint density at radius 1 is 0.905 bits per heavy atom. The van der Waals surface area contributed by atoms with E-state index in [4.69, 9.17) is 0 Å². The van der Waals surface area contributed by atoms with Crippen molar-refractivity contribution in [3.8, 4) is 0 Å². The molecule has 11 heteroatoms. The summed E-state index contributed by atoms with van der Waals surface area (Å²) < 4.78 is 96.1. The van der Waals surface area contributed by atoms with Gasteiger partial charge in [-0.3, -0.25) is 0 Å². The fourth-order valence-corrected chi connectivity index (χ4v) is 0.827. The van der Waals surface area contributed by atoms with Crippen LogP contribution in [0.5, 0.6) is 0 Å². The molecule has 0 aliphatic heterocycles. The van der Waals surface area contributed by atoms with Crippen LogP contribution in [0.15, 0.2) is 25.3 Å². The lowest BCUT2D eigenvalue weighted by molar-refractivity contribution is -0.424. The predicted octanol–water partition coefficient (Wildman–Crippen LogP) is 2.60. The van der Waals surface area contributed by atoms with Gasteiger partial charge in [-0.1, -0.05) is 13.2 Å². The molecule has 120 valence electrons. The molecule has 0 rings (SSSR count). The van der Waals surface area contributed by atoms with E-state index in [1.165, 1.54) is 0 Å². The molecule has 0 unspecified atom stereocenters. The quantitative estimate of drug-likeness (QED) is 0.313. The van der Waals surface area contributed by atoms with Crippen LogP contribution in [0.25, 0.3) is 0 Å². The van der Waals surface area contributed by atoms with Crippen LogP contribution >= 0.6 is 0 Å². The lowest BCUT2D eigenvalue weighted by atomic mass is 10.1. The molecule has 0 aromatic rings. The van der Waals surface area contributed by atoms with Gasteiger partial charge in [0.1, 0.15) is 0 Å². The summed E-state index contributed by atoms with van der Waals surface area (Å²) in [5.74, 6) is -16.9. The summed E-state index contributed by atoms with van der Waals surface area (Å²) >= 11 is 0. The summed E-state index contributed by atoms with van der Waals surface area (Å²) in [4.78, 5) is 21.4. The minimum Gasteiger partial charge on any atom is -0.386 e. The van der Waals surface area contributed by atoms with Crippen molar-refractivity contribution in [1.82, 2.24) is 0 Å².